The van der Waals surface area contributed by atoms with Crippen LogP contribution in [0.3, 0.4) is 0 Å². The number of fused-ring (bicyclic) bond motifs is 1. The van der Waals surface area contributed by atoms with Crippen LogP contribution in [0, 0.1) is 12.7 Å². The number of rotatable bonds is 4. The first kappa shape index (κ1) is 18.8. The first-order chi connectivity index (χ1) is 12.8. The molecule has 1 aliphatic heterocycles. The molecule has 2 N–H and O–H groups in total. The summed E-state index contributed by atoms with van der Waals surface area (Å²) < 4.78 is 13.7. The van der Waals surface area contributed by atoms with Crippen LogP contribution >= 0.6 is 0 Å². The topological polar surface area (TPSA) is 77.8 Å². The summed E-state index contributed by atoms with van der Waals surface area (Å²) in [5, 5.41) is 18.7. The van der Waals surface area contributed by atoms with Gasteiger partial charge in [0.2, 0.25) is 0 Å². The van der Waals surface area contributed by atoms with Gasteiger partial charge in [0.15, 0.2) is 0 Å². The number of aliphatic carboxylic acids is 2. The van der Waals surface area contributed by atoms with Crippen LogP contribution in [0.15, 0.2) is 54.1 Å². The summed E-state index contributed by atoms with van der Waals surface area (Å²) in [5.41, 5.74) is 3.14. The van der Waals surface area contributed by atoms with Crippen molar-refractivity contribution in [3.05, 3.63) is 82.2 Å². The Bertz CT molecular complexity index is 938. The lowest BCUT2D eigenvalue weighted by Gasteiger charge is -2.40. The fourth-order valence-electron chi connectivity index (χ4n) is 3.78. The number of carboxylic acid groups (broad SMARTS) is 2. The van der Waals surface area contributed by atoms with Gasteiger partial charge < -0.3 is 10.2 Å². The van der Waals surface area contributed by atoms with Gasteiger partial charge in [-0.2, -0.15) is 0 Å². The Labute approximate surface area is 156 Å². The van der Waals surface area contributed by atoms with Gasteiger partial charge in [-0.25, -0.2) is 14.0 Å². The number of hydrogen-bond acceptors (Lipinski definition) is 3. The number of carboxylic acids is 2. The van der Waals surface area contributed by atoms with Crippen molar-refractivity contribution in [1.29, 1.82) is 0 Å². The molecule has 1 unspecified atom stereocenters. The molecule has 0 fully saturated rings. The number of likely N-dealkylation sites (N-methyl/N-ethyl adjacent to an activating group) is 1. The maximum absolute atomic E-state index is 13.7. The van der Waals surface area contributed by atoms with Crippen LogP contribution in [-0.4, -0.2) is 40.6 Å². The quantitative estimate of drug-likeness (QED) is 0.808. The lowest BCUT2D eigenvalue weighted by molar-refractivity contribution is -0.135. The lowest BCUT2D eigenvalue weighted by Crippen LogP contribution is -2.38. The molecule has 0 radical (unpaired) electrons. The number of aryl methyl sites for hydroxylation is 1. The summed E-state index contributed by atoms with van der Waals surface area (Å²) >= 11 is 0. The zero-order valence-electron chi connectivity index (χ0n) is 15.0. The molecule has 0 saturated heterocycles. The smallest absolute Gasteiger partial charge is 0.333 e. The SMILES string of the molecule is Cc1ccc2c(c1)[C@@H](/C(=C/C(=O)O)C(=O)O)N(C)CC2c1cccc(F)c1. The molecule has 0 bridgehead atoms. The highest BCUT2D eigenvalue weighted by Crippen LogP contribution is 2.42. The Morgan fingerprint density at radius 1 is 1.15 bits per heavy atom. The van der Waals surface area contributed by atoms with Gasteiger partial charge in [-0.15, -0.1) is 0 Å². The van der Waals surface area contributed by atoms with Crippen molar-refractivity contribution in [2.24, 2.45) is 0 Å². The Hall–Kier alpha value is -2.99. The van der Waals surface area contributed by atoms with Crippen LogP contribution < -0.4 is 0 Å². The van der Waals surface area contributed by atoms with E-state index in [1.807, 2.05) is 31.2 Å². The lowest BCUT2D eigenvalue weighted by atomic mass is 9.79. The summed E-state index contributed by atoms with van der Waals surface area (Å²) in [5.74, 6) is -3.05. The van der Waals surface area contributed by atoms with Crippen LogP contribution in [0.5, 0.6) is 0 Å². The molecular formula is C21H20FNO4. The van der Waals surface area contributed by atoms with Crippen molar-refractivity contribution < 1.29 is 24.2 Å². The van der Waals surface area contributed by atoms with Crippen LogP contribution in [-0.2, 0) is 9.59 Å². The van der Waals surface area contributed by atoms with Gasteiger partial charge in [0.1, 0.15) is 5.82 Å². The zero-order chi connectivity index (χ0) is 19.7. The van der Waals surface area contributed by atoms with Gasteiger partial charge in [-0.3, -0.25) is 4.90 Å². The predicted molar refractivity (Wildman–Crippen MR) is 98.1 cm³/mol. The summed E-state index contributed by atoms with van der Waals surface area (Å²) in [7, 11) is 1.75. The van der Waals surface area contributed by atoms with E-state index in [0.717, 1.165) is 28.3 Å². The second-order valence-electron chi connectivity index (χ2n) is 6.83. The molecule has 2 atom stereocenters. The van der Waals surface area contributed by atoms with E-state index >= 15 is 0 Å². The maximum atomic E-state index is 13.7. The number of benzene rings is 2. The fraction of sp³-hybridized carbons (Fsp3) is 0.238. The summed E-state index contributed by atoms with van der Waals surface area (Å²) in [6.45, 7) is 2.33. The molecule has 0 amide bonds. The van der Waals surface area contributed by atoms with E-state index in [2.05, 4.69) is 0 Å². The van der Waals surface area contributed by atoms with Gasteiger partial charge in [-0.05, 0) is 42.8 Å². The minimum atomic E-state index is -1.30. The number of nitrogens with zero attached hydrogens (tertiary/aromatic N) is 1. The fourth-order valence-corrected chi connectivity index (χ4v) is 3.78. The second-order valence-corrected chi connectivity index (χ2v) is 6.83. The van der Waals surface area contributed by atoms with Gasteiger partial charge in [-0.1, -0.05) is 35.9 Å². The van der Waals surface area contributed by atoms with E-state index in [0.29, 0.717) is 6.54 Å². The predicted octanol–water partition coefficient (Wildman–Crippen LogP) is 3.35. The molecule has 140 valence electrons. The third-order valence-electron chi connectivity index (χ3n) is 4.90. The van der Waals surface area contributed by atoms with Crippen molar-refractivity contribution in [3.8, 4) is 0 Å². The Morgan fingerprint density at radius 3 is 2.52 bits per heavy atom. The highest BCUT2D eigenvalue weighted by atomic mass is 19.1. The van der Waals surface area contributed by atoms with Crippen LogP contribution in [0.4, 0.5) is 4.39 Å². The molecule has 5 nitrogen and oxygen atoms in total. The Morgan fingerprint density at radius 2 is 1.89 bits per heavy atom. The molecule has 6 heteroatoms. The van der Waals surface area contributed by atoms with E-state index in [4.69, 9.17) is 5.11 Å². The van der Waals surface area contributed by atoms with E-state index in [1.54, 1.807) is 18.0 Å². The molecular weight excluding hydrogens is 349 g/mol. The molecule has 27 heavy (non-hydrogen) atoms. The average molecular weight is 369 g/mol. The summed E-state index contributed by atoms with van der Waals surface area (Å²) in [6.07, 6.45) is 0.748. The van der Waals surface area contributed by atoms with Gasteiger partial charge in [0.05, 0.1) is 11.6 Å². The van der Waals surface area contributed by atoms with Crippen molar-refractivity contribution in [1.82, 2.24) is 4.90 Å². The van der Waals surface area contributed by atoms with Crippen LogP contribution in [0.1, 0.15) is 34.2 Å². The van der Waals surface area contributed by atoms with Gasteiger partial charge >= 0.3 is 11.9 Å². The van der Waals surface area contributed by atoms with Crippen molar-refractivity contribution >= 4 is 11.9 Å². The normalized spacial score (nSPS) is 20.2. The van der Waals surface area contributed by atoms with Gasteiger partial charge in [0.25, 0.3) is 0 Å². The highest BCUT2D eigenvalue weighted by molar-refractivity contribution is 5.96. The molecule has 1 heterocycles. The number of carbonyl (C=O) groups is 2. The maximum Gasteiger partial charge on any atom is 0.333 e. The largest absolute Gasteiger partial charge is 0.478 e. The molecule has 3 rings (SSSR count). The summed E-state index contributed by atoms with van der Waals surface area (Å²) in [4.78, 5) is 24.7. The van der Waals surface area contributed by atoms with E-state index in [-0.39, 0.29) is 17.3 Å². The zero-order valence-corrected chi connectivity index (χ0v) is 15.0. The minimum absolute atomic E-state index is 0.141. The van der Waals surface area contributed by atoms with E-state index in [1.165, 1.54) is 12.1 Å². The highest BCUT2D eigenvalue weighted by Gasteiger charge is 2.36. The Kier molecular flexibility index (Phi) is 5.10. The molecule has 0 spiro atoms. The van der Waals surface area contributed by atoms with Gasteiger partial charge in [0, 0.05) is 18.5 Å². The first-order valence-corrected chi connectivity index (χ1v) is 8.52. The number of halogens is 1. The van der Waals surface area contributed by atoms with E-state index < -0.39 is 18.0 Å². The Balaban J connectivity index is 2.19. The minimum Gasteiger partial charge on any atom is -0.478 e. The first-order valence-electron chi connectivity index (χ1n) is 8.52. The number of hydrogen-bond donors (Lipinski definition) is 2. The molecule has 1 aliphatic rings. The molecule has 0 saturated carbocycles. The van der Waals surface area contributed by atoms with Crippen molar-refractivity contribution in [2.75, 3.05) is 13.6 Å². The monoisotopic (exact) mass is 369 g/mol. The van der Waals surface area contributed by atoms with Crippen LogP contribution in [0.2, 0.25) is 0 Å². The third-order valence-corrected chi connectivity index (χ3v) is 4.90. The summed E-state index contributed by atoms with van der Waals surface area (Å²) in [6, 6.07) is 11.4. The third kappa shape index (κ3) is 3.75. The van der Waals surface area contributed by atoms with Crippen LogP contribution in [0.25, 0.3) is 0 Å². The van der Waals surface area contributed by atoms with E-state index in [9.17, 15) is 19.1 Å². The van der Waals surface area contributed by atoms with Crippen molar-refractivity contribution in [3.63, 3.8) is 0 Å². The molecule has 0 aliphatic carbocycles. The molecule has 2 aromatic rings. The van der Waals surface area contributed by atoms with Crippen molar-refractivity contribution in [2.45, 2.75) is 18.9 Å². The standard InChI is InChI=1S/C21H20FNO4/c1-12-6-7-15-16(8-12)20(17(21(26)27)10-19(24)25)23(2)11-18(15)13-4-3-5-14(22)9-13/h3-10,18,20H,11H2,1-2H3,(H,24,25)(H,26,27)/b17-10-/t18?,20-/m0/s1. The average Bonchev–Trinajstić information content (AvgIpc) is 2.59. The second kappa shape index (κ2) is 7.32. The molecule has 0 aromatic heterocycles. The molecule has 2 aromatic carbocycles.